The Balaban J connectivity index is 0.00000729. The lowest BCUT2D eigenvalue weighted by Gasteiger charge is -2.13. The lowest BCUT2D eigenvalue weighted by atomic mass is 10.1. The Morgan fingerprint density at radius 2 is 1.93 bits per heavy atom. The maximum Gasteiger partial charge on any atom is 0.387 e. The Morgan fingerprint density at radius 3 is 2.61 bits per heavy atom. The molecule has 0 aliphatic rings. The number of ether oxygens (including phenoxy) is 3. The van der Waals surface area contributed by atoms with E-state index < -0.39 is 6.61 Å². The molecule has 0 bridgehead atoms. The van der Waals surface area contributed by atoms with E-state index in [1.807, 2.05) is 19.9 Å². The van der Waals surface area contributed by atoms with Crippen LogP contribution in [0.25, 0.3) is 0 Å². The summed E-state index contributed by atoms with van der Waals surface area (Å²) in [6.07, 6.45) is 1.86. The van der Waals surface area contributed by atoms with Gasteiger partial charge in [-0.2, -0.15) is 8.78 Å². The molecule has 9 heteroatoms. The van der Waals surface area contributed by atoms with E-state index in [0.29, 0.717) is 37.9 Å². The van der Waals surface area contributed by atoms with Crippen LogP contribution in [0.15, 0.2) is 23.2 Å². The van der Waals surface area contributed by atoms with Crippen molar-refractivity contribution >= 4 is 29.9 Å². The van der Waals surface area contributed by atoms with E-state index in [1.165, 1.54) is 0 Å². The molecule has 2 N–H and O–H groups in total. The molecule has 6 nitrogen and oxygen atoms in total. The zero-order valence-electron chi connectivity index (χ0n) is 16.8. The summed E-state index contributed by atoms with van der Waals surface area (Å²) in [5, 5.41) is 6.39. The number of benzene rings is 1. The molecule has 28 heavy (non-hydrogen) atoms. The van der Waals surface area contributed by atoms with Gasteiger partial charge in [0.05, 0.1) is 19.8 Å². The van der Waals surface area contributed by atoms with E-state index in [2.05, 4.69) is 20.4 Å². The van der Waals surface area contributed by atoms with Crippen molar-refractivity contribution < 1.29 is 23.0 Å². The van der Waals surface area contributed by atoms with Crippen molar-refractivity contribution in [3.8, 4) is 5.75 Å². The van der Waals surface area contributed by atoms with E-state index >= 15 is 0 Å². The van der Waals surface area contributed by atoms with Crippen molar-refractivity contribution in [3.05, 3.63) is 29.3 Å². The molecule has 0 radical (unpaired) electrons. The fraction of sp³-hybridized carbons (Fsp3) is 0.632. The first-order valence-electron chi connectivity index (χ1n) is 9.20. The van der Waals surface area contributed by atoms with Crippen molar-refractivity contribution in [2.45, 2.75) is 39.8 Å². The van der Waals surface area contributed by atoms with Crippen molar-refractivity contribution in [1.82, 2.24) is 10.6 Å². The Bertz CT molecular complexity index is 563. The molecule has 0 aromatic heterocycles. The van der Waals surface area contributed by atoms with Crippen LogP contribution in [0.5, 0.6) is 5.75 Å². The van der Waals surface area contributed by atoms with Gasteiger partial charge < -0.3 is 24.8 Å². The van der Waals surface area contributed by atoms with Crippen molar-refractivity contribution in [2.24, 2.45) is 4.99 Å². The van der Waals surface area contributed by atoms with Crippen LogP contribution >= 0.6 is 24.0 Å². The molecular formula is C19H32F2IN3O3. The van der Waals surface area contributed by atoms with Crippen LogP contribution in [0.2, 0.25) is 0 Å². The van der Waals surface area contributed by atoms with Gasteiger partial charge in [-0.3, -0.25) is 0 Å². The number of aryl methyl sites for hydroxylation is 1. The second kappa shape index (κ2) is 16.7. The number of nitrogens with one attached hydrogen (secondary N) is 2. The summed E-state index contributed by atoms with van der Waals surface area (Å²) in [5.74, 6) is 0.797. The molecule has 1 rings (SSSR count). The van der Waals surface area contributed by atoms with Gasteiger partial charge in [0.15, 0.2) is 5.96 Å². The normalized spacial score (nSPS) is 11.3. The predicted octanol–water partition coefficient (Wildman–Crippen LogP) is 3.71. The second-order valence-electron chi connectivity index (χ2n) is 5.92. The number of unbranched alkanes of at least 4 members (excludes halogenated alkanes) is 1. The topological polar surface area (TPSA) is 64.1 Å². The van der Waals surface area contributed by atoms with E-state index in [4.69, 9.17) is 9.47 Å². The largest absolute Gasteiger partial charge is 0.434 e. The third kappa shape index (κ3) is 12.3. The molecule has 0 heterocycles. The number of nitrogens with zero attached hydrogens (tertiary/aromatic N) is 1. The number of rotatable bonds is 13. The molecule has 162 valence electrons. The fourth-order valence-corrected chi connectivity index (χ4v) is 2.33. The summed E-state index contributed by atoms with van der Waals surface area (Å²) in [6, 6.07) is 5.10. The first kappa shape index (κ1) is 26.8. The second-order valence-corrected chi connectivity index (χ2v) is 5.92. The number of aliphatic imine (C=N–C) groups is 1. The van der Waals surface area contributed by atoms with Crippen molar-refractivity contribution in [3.63, 3.8) is 0 Å². The van der Waals surface area contributed by atoms with E-state index in [1.54, 1.807) is 19.2 Å². The molecule has 0 atom stereocenters. The maximum atomic E-state index is 12.6. The SMILES string of the molecule is CCNC(=NCc1cc(C)ccc1OC(F)F)NCCCCOCCOC.I. The Kier molecular flexibility index (Phi) is 16.0. The molecule has 0 amide bonds. The van der Waals surface area contributed by atoms with Gasteiger partial charge in [-0.1, -0.05) is 17.7 Å². The third-order valence-corrected chi connectivity index (χ3v) is 3.62. The van der Waals surface area contributed by atoms with Crippen LogP contribution in [0, 0.1) is 6.92 Å². The number of methoxy groups -OCH3 is 1. The minimum absolute atomic E-state index is 0. The minimum atomic E-state index is -2.85. The van der Waals surface area contributed by atoms with Gasteiger partial charge in [-0.25, -0.2) is 4.99 Å². The smallest absolute Gasteiger partial charge is 0.387 e. The lowest BCUT2D eigenvalue weighted by molar-refractivity contribution is -0.0504. The number of hydrogen-bond donors (Lipinski definition) is 2. The average Bonchev–Trinajstić information content (AvgIpc) is 2.63. The number of halogens is 3. The Morgan fingerprint density at radius 1 is 1.14 bits per heavy atom. The zero-order chi connectivity index (χ0) is 19.9. The van der Waals surface area contributed by atoms with Crippen molar-refractivity contribution in [1.29, 1.82) is 0 Å². The highest BCUT2D eigenvalue weighted by Crippen LogP contribution is 2.22. The van der Waals surface area contributed by atoms with E-state index in [-0.39, 0.29) is 36.3 Å². The van der Waals surface area contributed by atoms with Gasteiger partial charge in [-0.05, 0) is 32.8 Å². The van der Waals surface area contributed by atoms with Crippen LogP contribution < -0.4 is 15.4 Å². The van der Waals surface area contributed by atoms with Crippen LogP contribution in [-0.2, 0) is 16.0 Å². The third-order valence-electron chi connectivity index (χ3n) is 3.62. The first-order chi connectivity index (χ1) is 13.1. The summed E-state index contributed by atoms with van der Waals surface area (Å²) in [6.45, 7) is 4.62. The summed E-state index contributed by atoms with van der Waals surface area (Å²) in [4.78, 5) is 4.47. The van der Waals surface area contributed by atoms with Crippen LogP contribution in [0.4, 0.5) is 8.78 Å². The van der Waals surface area contributed by atoms with Gasteiger partial charge in [-0.15, -0.1) is 24.0 Å². The molecule has 1 aromatic carbocycles. The van der Waals surface area contributed by atoms with Crippen molar-refractivity contribution in [2.75, 3.05) is 40.0 Å². The highest BCUT2D eigenvalue weighted by atomic mass is 127. The quantitative estimate of drug-likeness (QED) is 0.182. The van der Waals surface area contributed by atoms with E-state index in [0.717, 1.165) is 24.9 Å². The lowest BCUT2D eigenvalue weighted by Crippen LogP contribution is -2.37. The standard InChI is InChI=1S/C19H31F2N3O3.HI/c1-4-22-19(23-9-5-6-10-26-12-11-25-3)24-14-16-13-15(2)7-8-17(16)27-18(20)21;/h7-8,13,18H,4-6,9-12,14H2,1-3H3,(H2,22,23,24);1H. The van der Waals surface area contributed by atoms with Gasteiger partial charge in [0.25, 0.3) is 0 Å². The van der Waals surface area contributed by atoms with Crippen LogP contribution in [-0.4, -0.2) is 52.6 Å². The van der Waals surface area contributed by atoms with E-state index in [9.17, 15) is 8.78 Å². The van der Waals surface area contributed by atoms with Gasteiger partial charge >= 0.3 is 6.61 Å². The van der Waals surface area contributed by atoms with Crippen LogP contribution in [0.1, 0.15) is 30.9 Å². The molecule has 0 saturated carbocycles. The maximum absolute atomic E-state index is 12.6. The Hall–Kier alpha value is -1.20. The zero-order valence-corrected chi connectivity index (χ0v) is 19.1. The number of alkyl halides is 2. The number of guanidine groups is 1. The molecule has 0 unspecified atom stereocenters. The Labute approximate surface area is 183 Å². The monoisotopic (exact) mass is 515 g/mol. The average molecular weight is 515 g/mol. The molecule has 1 aromatic rings. The predicted molar refractivity (Wildman–Crippen MR) is 118 cm³/mol. The van der Waals surface area contributed by atoms with Crippen LogP contribution in [0.3, 0.4) is 0 Å². The molecule has 0 aliphatic heterocycles. The summed E-state index contributed by atoms with van der Waals surface area (Å²) in [5.41, 5.74) is 1.59. The van der Waals surface area contributed by atoms with Gasteiger partial charge in [0.2, 0.25) is 0 Å². The van der Waals surface area contributed by atoms with Gasteiger partial charge in [0, 0.05) is 32.4 Å². The number of hydrogen-bond acceptors (Lipinski definition) is 4. The highest BCUT2D eigenvalue weighted by Gasteiger charge is 2.10. The molecule has 0 fully saturated rings. The van der Waals surface area contributed by atoms with Gasteiger partial charge in [0.1, 0.15) is 5.75 Å². The summed E-state index contributed by atoms with van der Waals surface area (Å²) < 4.78 is 40.0. The fourth-order valence-electron chi connectivity index (χ4n) is 2.33. The summed E-state index contributed by atoms with van der Waals surface area (Å²) in [7, 11) is 1.65. The molecule has 0 aliphatic carbocycles. The molecule has 0 saturated heterocycles. The molecule has 0 spiro atoms. The highest BCUT2D eigenvalue weighted by molar-refractivity contribution is 14.0. The molecular weight excluding hydrogens is 483 g/mol. The minimum Gasteiger partial charge on any atom is -0.434 e. The summed E-state index contributed by atoms with van der Waals surface area (Å²) >= 11 is 0. The first-order valence-corrected chi connectivity index (χ1v) is 9.20.